The van der Waals surface area contributed by atoms with Crippen LogP contribution in [0.3, 0.4) is 0 Å². The van der Waals surface area contributed by atoms with Crippen molar-refractivity contribution in [2.75, 3.05) is 14.2 Å². The van der Waals surface area contributed by atoms with Crippen LogP contribution in [0.2, 0.25) is 0 Å². The number of aromatic nitrogens is 3. The average Bonchev–Trinajstić information content (AvgIpc) is 2.64. The van der Waals surface area contributed by atoms with Crippen LogP contribution in [0.5, 0.6) is 0 Å². The van der Waals surface area contributed by atoms with Crippen LogP contribution >= 0.6 is 0 Å². The van der Waals surface area contributed by atoms with Gasteiger partial charge in [-0.05, 0) is 27.3 Å². The molecule has 1 aromatic rings. The minimum absolute atomic E-state index is 0.108. The van der Waals surface area contributed by atoms with E-state index in [0.717, 1.165) is 25.3 Å². The van der Waals surface area contributed by atoms with Crippen molar-refractivity contribution < 1.29 is 4.74 Å². The number of hydrogen-bond acceptors (Lipinski definition) is 4. The predicted octanol–water partition coefficient (Wildman–Crippen LogP) is 0.813. The molecule has 0 saturated carbocycles. The number of nitrogens with one attached hydrogen (secondary N) is 1. The molecule has 0 aliphatic carbocycles. The van der Waals surface area contributed by atoms with Gasteiger partial charge in [-0.15, -0.1) is 0 Å². The molecule has 0 saturated heterocycles. The number of aryl methyl sites for hydroxylation is 1. The highest BCUT2D eigenvalue weighted by Crippen LogP contribution is 2.14. The highest BCUT2D eigenvalue weighted by atomic mass is 16.5. The third kappa shape index (κ3) is 3.60. The summed E-state index contributed by atoms with van der Waals surface area (Å²) >= 11 is 0. The molecule has 0 unspecified atom stereocenters. The molecule has 86 valence electrons. The van der Waals surface area contributed by atoms with Gasteiger partial charge in [-0.2, -0.15) is 5.10 Å². The monoisotopic (exact) mass is 212 g/mol. The van der Waals surface area contributed by atoms with Gasteiger partial charge in [0.05, 0.1) is 12.1 Å². The molecule has 0 amide bonds. The molecule has 0 bridgehead atoms. The van der Waals surface area contributed by atoms with E-state index in [1.807, 2.05) is 11.7 Å². The van der Waals surface area contributed by atoms with Crippen molar-refractivity contribution in [2.24, 2.45) is 0 Å². The molecule has 0 fully saturated rings. The van der Waals surface area contributed by atoms with Crippen LogP contribution in [0.4, 0.5) is 0 Å². The molecule has 1 N–H and O–H groups in total. The molecule has 0 spiro atoms. The molecule has 1 rings (SSSR count). The maximum Gasteiger partial charge on any atom is 0.140 e. The first-order valence-electron chi connectivity index (χ1n) is 5.15. The Labute approximate surface area is 90.8 Å². The molecule has 0 aliphatic rings. The number of methoxy groups -OCH3 is 1. The van der Waals surface area contributed by atoms with Crippen molar-refractivity contribution in [3.05, 3.63) is 12.2 Å². The van der Waals surface area contributed by atoms with Gasteiger partial charge in [0.25, 0.3) is 0 Å². The van der Waals surface area contributed by atoms with Crippen LogP contribution in [0.1, 0.15) is 26.1 Å². The fourth-order valence-electron chi connectivity index (χ4n) is 1.25. The minimum atomic E-state index is -0.108. The number of ether oxygens (including phenoxy) is 1. The van der Waals surface area contributed by atoms with Crippen LogP contribution in [-0.2, 0) is 17.8 Å². The maximum absolute atomic E-state index is 5.36. The molecule has 1 aromatic heterocycles. The summed E-state index contributed by atoms with van der Waals surface area (Å²) in [6.45, 7) is 5.72. The van der Waals surface area contributed by atoms with E-state index in [1.54, 1.807) is 13.4 Å². The Balaban J connectivity index is 2.53. The molecule has 5 nitrogen and oxygen atoms in total. The van der Waals surface area contributed by atoms with Gasteiger partial charge in [0.15, 0.2) is 0 Å². The number of hydrogen-bond donors (Lipinski definition) is 1. The second-order valence-electron chi connectivity index (χ2n) is 4.14. The Kier molecular flexibility index (Phi) is 4.23. The van der Waals surface area contributed by atoms with Gasteiger partial charge < -0.3 is 10.1 Å². The lowest BCUT2D eigenvalue weighted by atomic mass is 10.1. The summed E-state index contributed by atoms with van der Waals surface area (Å²) in [6.07, 6.45) is 2.51. The molecular weight excluding hydrogens is 192 g/mol. The van der Waals surface area contributed by atoms with Gasteiger partial charge in [0.2, 0.25) is 0 Å². The average molecular weight is 212 g/mol. The SMILES string of the molecule is CNCc1ncnn1CCC(C)(C)OC. The second kappa shape index (κ2) is 5.23. The Morgan fingerprint density at radius 1 is 1.53 bits per heavy atom. The van der Waals surface area contributed by atoms with Crippen LogP contribution in [-0.4, -0.2) is 34.5 Å². The summed E-state index contributed by atoms with van der Waals surface area (Å²) in [6, 6.07) is 0. The van der Waals surface area contributed by atoms with E-state index >= 15 is 0 Å². The molecule has 0 radical (unpaired) electrons. The molecular formula is C10H20N4O. The summed E-state index contributed by atoms with van der Waals surface area (Å²) < 4.78 is 7.27. The second-order valence-corrected chi connectivity index (χ2v) is 4.14. The third-order valence-corrected chi connectivity index (χ3v) is 2.51. The van der Waals surface area contributed by atoms with E-state index in [2.05, 4.69) is 29.2 Å². The smallest absolute Gasteiger partial charge is 0.140 e. The zero-order valence-corrected chi connectivity index (χ0v) is 9.95. The molecule has 5 heteroatoms. The first-order chi connectivity index (χ1) is 7.09. The van der Waals surface area contributed by atoms with E-state index in [4.69, 9.17) is 4.74 Å². The van der Waals surface area contributed by atoms with Crippen molar-refractivity contribution in [3.63, 3.8) is 0 Å². The van der Waals surface area contributed by atoms with Gasteiger partial charge in [-0.25, -0.2) is 9.67 Å². The normalized spacial score (nSPS) is 12.0. The maximum atomic E-state index is 5.36. The zero-order valence-electron chi connectivity index (χ0n) is 9.95. The Morgan fingerprint density at radius 3 is 2.87 bits per heavy atom. The lowest BCUT2D eigenvalue weighted by Crippen LogP contribution is -2.25. The lowest BCUT2D eigenvalue weighted by Gasteiger charge is -2.22. The summed E-state index contributed by atoms with van der Waals surface area (Å²) in [4.78, 5) is 4.18. The zero-order chi connectivity index (χ0) is 11.3. The van der Waals surface area contributed by atoms with E-state index in [9.17, 15) is 0 Å². The van der Waals surface area contributed by atoms with Gasteiger partial charge in [0.1, 0.15) is 12.2 Å². The molecule has 1 heterocycles. The molecule has 0 aliphatic heterocycles. The standard InChI is InChI=1S/C10H20N4O/c1-10(2,15-4)5-6-14-9(7-11-3)12-8-13-14/h8,11H,5-7H2,1-4H3. The molecule has 0 atom stereocenters. The Bertz CT molecular complexity index is 295. The van der Waals surface area contributed by atoms with E-state index in [1.165, 1.54) is 0 Å². The van der Waals surface area contributed by atoms with Crippen LogP contribution in [0, 0.1) is 0 Å². The van der Waals surface area contributed by atoms with Crippen molar-refractivity contribution >= 4 is 0 Å². The van der Waals surface area contributed by atoms with Crippen LogP contribution in [0.25, 0.3) is 0 Å². The summed E-state index contributed by atoms with van der Waals surface area (Å²) in [5.74, 6) is 0.962. The van der Waals surface area contributed by atoms with E-state index in [0.29, 0.717) is 0 Å². The molecule has 15 heavy (non-hydrogen) atoms. The van der Waals surface area contributed by atoms with Gasteiger partial charge in [0, 0.05) is 13.7 Å². The highest BCUT2D eigenvalue weighted by Gasteiger charge is 2.17. The topological polar surface area (TPSA) is 52.0 Å². The Morgan fingerprint density at radius 2 is 2.27 bits per heavy atom. The quantitative estimate of drug-likeness (QED) is 0.758. The van der Waals surface area contributed by atoms with Gasteiger partial charge in [-0.3, -0.25) is 0 Å². The molecule has 0 aromatic carbocycles. The number of nitrogens with zero attached hydrogens (tertiary/aromatic N) is 3. The van der Waals surface area contributed by atoms with Crippen LogP contribution < -0.4 is 5.32 Å². The highest BCUT2D eigenvalue weighted by molar-refractivity contribution is 4.84. The summed E-state index contributed by atoms with van der Waals surface area (Å²) in [5.41, 5.74) is -0.108. The largest absolute Gasteiger partial charge is 0.379 e. The third-order valence-electron chi connectivity index (χ3n) is 2.51. The predicted molar refractivity (Wildman–Crippen MR) is 58.5 cm³/mol. The van der Waals surface area contributed by atoms with E-state index < -0.39 is 0 Å². The van der Waals surface area contributed by atoms with Gasteiger partial charge >= 0.3 is 0 Å². The van der Waals surface area contributed by atoms with Crippen molar-refractivity contribution in [3.8, 4) is 0 Å². The van der Waals surface area contributed by atoms with E-state index in [-0.39, 0.29) is 5.60 Å². The fourth-order valence-corrected chi connectivity index (χ4v) is 1.25. The minimum Gasteiger partial charge on any atom is -0.379 e. The summed E-state index contributed by atoms with van der Waals surface area (Å²) in [7, 11) is 3.63. The lowest BCUT2D eigenvalue weighted by molar-refractivity contribution is 0.0111. The number of rotatable bonds is 6. The van der Waals surface area contributed by atoms with Crippen molar-refractivity contribution in [2.45, 2.75) is 39.0 Å². The Hall–Kier alpha value is -0.940. The van der Waals surface area contributed by atoms with Crippen LogP contribution in [0.15, 0.2) is 6.33 Å². The van der Waals surface area contributed by atoms with Crippen molar-refractivity contribution in [1.82, 2.24) is 20.1 Å². The first-order valence-corrected chi connectivity index (χ1v) is 5.15. The van der Waals surface area contributed by atoms with Crippen molar-refractivity contribution in [1.29, 1.82) is 0 Å². The summed E-state index contributed by atoms with van der Waals surface area (Å²) in [5, 5.41) is 7.25. The first kappa shape index (κ1) is 12.1. The van der Waals surface area contributed by atoms with Gasteiger partial charge in [-0.1, -0.05) is 0 Å². The fraction of sp³-hybridized carbons (Fsp3) is 0.800.